The molecule has 1 atom stereocenters. The third-order valence-corrected chi connectivity index (χ3v) is 5.30. The third-order valence-electron chi connectivity index (χ3n) is 4.18. The second-order valence-electron chi connectivity index (χ2n) is 6.40. The van der Waals surface area contributed by atoms with E-state index in [1.807, 2.05) is 54.3 Å². The van der Waals surface area contributed by atoms with E-state index in [2.05, 4.69) is 27.8 Å². The summed E-state index contributed by atoms with van der Waals surface area (Å²) in [5, 5.41) is 19.2. The molecular weight excluding hydrogens is 485 g/mol. The smallest absolute Gasteiger partial charge is 0.191 e. The molecule has 0 aliphatic heterocycles. The van der Waals surface area contributed by atoms with Gasteiger partial charge in [0.25, 0.3) is 0 Å². The van der Waals surface area contributed by atoms with E-state index in [0.29, 0.717) is 19.0 Å². The average Bonchev–Trinajstić information content (AvgIpc) is 3.38. The summed E-state index contributed by atoms with van der Waals surface area (Å²) in [6.45, 7) is 5.47. The Hall–Kier alpha value is -1.91. The Kier molecular flexibility index (Phi) is 8.46. The van der Waals surface area contributed by atoms with Gasteiger partial charge in [-0.25, -0.2) is 9.98 Å². The van der Waals surface area contributed by atoms with Gasteiger partial charge in [-0.3, -0.25) is 0 Å². The molecular formula is C20H26IN5OS. The molecule has 3 rings (SSSR count). The Bertz CT molecular complexity index is 863. The van der Waals surface area contributed by atoms with Crippen molar-refractivity contribution >= 4 is 41.3 Å². The topological polar surface area (TPSA) is 74.5 Å². The van der Waals surface area contributed by atoms with Gasteiger partial charge in [0.15, 0.2) is 5.96 Å². The number of nitrogens with zero attached hydrogens (tertiary/aromatic N) is 3. The lowest BCUT2D eigenvalue weighted by Gasteiger charge is -2.23. The minimum absolute atomic E-state index is 0. The molecule has 2 aromatic heterocycles. The monoisotopic (exact) mass is 511 g/mol. The van der Waals surface area contributed by atoms with Crippen LogP contribution in [0.3, 0.4) is 0 Å². The molecule has 3 N–H and O–H groups in total. The molecule has 150 valence electrons. The van der Waals surface area contributed by atoms with Crippen molar-refractivity contribution in [3.63, 3.8) is 0 Å². The summed E-state index contributed by atoms with van der Waals surface area (Å²) in [6.07, 6.45) is 5.47. The highest BCUT2D eigenvalue weighted by Crippen LogP contribution is 2.24. The number of hydrogen-bond donors (Lipinski definition) is 3. The van der Waals surface area contributed by atoms with Crippen LogP contribution in [0.1, 0.15) is 24.3 Å². The zero-order valence-corrected chi connectivity index (χ0v) is 19.1. The maximum atomic E-state index is 10.7. The van der Waals surface area contributed by atoms with Crippen LogP contribution >= 0.6 is 35.3 Å². The van der Waals surface area contributed by atoms with E-state index in [4.69, 9.17) is 4.99 Å². The maximum absolute atomic E-state index is 10.7. The number of aliphatic imine (C=N–C) groups is 1. The number of nitrogens with one attached hydrogen (secondary N) is 2. The molecule has 0 saturated heterocycles. The van der Waals surface area contributed by atoms with E-state index < -0.39 is 5.60 Å². The Morgan fingerprint density at radius 3 is 2.75 bits per heavy atom. The summed E-state index contributed by atoms with van der Waals surface area (Å²) < 4.78 is 1.98. The fourth-order valence-electron chi connectivity index (χ4n) is 2.73. The summed E-state index contributed by atoms with van der Waals surface area (Å²) in [4.78, 5) is 9.74. The quantitative estimate of drug-likeness (QED) is 0.258. The first-order valence-corrected chi connectivity index (χ1v) is 9.83. The summed E-state index contributed by atoms with van der Waals surface area (Å²) in [5.74, 6) is 0.676. The van der Waals surface area contributed by atoms with E-state index in [9.17, 15) is 5.11 Å². The van der Waals surface area contributed by atoms with Crippen molar-refractivity contribution in [3.8, 4) is 5.69 Å². The fourth-order valence-corrected chi connectivity index (χ4v) is 3.52. The first-order chi connectivity index (χ1) is 13.1. The number of thiophene rings is 1. The van der Waals surface area contributed by atoms with E-state index in [-0.39, 0.29) is 24.0 Å². The van der Waals surface area contributed by atoms with E-state index in [1.165, 1.54) is 0 Å². The van der Waals surface area contributed by atoms with Crippen LogP contribution in [-0.2, 0) is 12.1 Å². The molecule has 0 aliphatic carbocycles. The lowest BCUT2D eigenvalue weighted by molar-refractivity contribution is 0.0655. The molecule has 28 heavy (non-hydrogen) atoms. The van der Waals surface area contributed by atoms with Gasteiger partial charge in [0.2, 0.25) is 0 Å². The van der Waals surface area contributed by atoms with E-state index >= 15 is 0 Å². The molecule has 0 amide bonds. The molecule has 0 spiro atoms. The lowest BCUT2D eigenvalue weighted by Crippen LogP contribution is -2.44. The normalized spacial score (nSPS) is 13.5. The molecule has 8 heteroatoms. The number of halogens is 1. The van der Waals surface area contributed by atoms with Crippen molar-refractivity contribution in [2.24, 2.45) is 4.99 Å². The van der Waals surface area contributed by atoms with Crippen LogP contribution in [0.2, 0.25) is 0 Å². The van der Waals surface area contributed by atoms with E-state index in [1.54, 1.807) is 23.9 Å². The predicted octanol–water partition coefficient (Wildman–Crippen LogP) is 3.51. The van der Waals surface area contributed by atoms with Gasteiger partial charge in [-0.15, -0.1) is 35.3 Å². The number of para-hydroxylation sites is 1. The van der Waals surface area contributed by atoms with Crippen molar-refractivity contribution in [1.29, 1.82) is 0 Å². The Balaban J connectivity index is 0.00000280. The predicted molar refractivity (Wildman–Crippen MR) is 126 cm³/mol. The first-order valence-electron chi connectivity index (χ1n) is 8.95. The van der Waals surface area contributed by atoms with Gasteiger partial charge in [0, 0.05) is 23.8 Å². The highest BCUT2D eigenvalue weighted by atomic mass is 127. The van der Waals surface area contributed by atoms with Gasteiger partial charge in [-0.1, -0.05) is 24.3 Å². The number of guanidine groups is 1. The van der Waals surface area contributed by atoms with E-state index in [0.717, 1.165) is 22.7 Å². The van der Waals surface area contributed by atoms with Gasteiger partial charge in [-0.2, -0.15) is 0 Å². The maximum Gasteiger partial charge on any atom is 0.191 e. The van der Waals surface area contributed by atoms with Crippen LogP contribution in [-0.4, -0.2) is 33.7 Å². The second kappa shape index (κ2) is 10.6. The number of aromatic nitrogens is 2. The van der Waals surface area contributed by atoms with Gasteiger partial charge < -0.3 is 20.3 Å². The number of aliphatic hydroxyl groups is 1. The van der Waals surface area contributed by atoms with Crippen molar-refractivity contribution in [2.45, 2.75) is 26.0 Å². The summed E-state index contributed by atoms with van der Waals surface area (Å²) >= 11 is 1.55. The van der Waals surface area contributed by atoms with Gasteiger partial charge in [-0.05, 0) is 36.9 Å². The Morgan fingerprint density at radius 2 is 2.07 bits per heavy atom. The van der Waals surface area contributed by atoms with Crippen LogP contribution in [0.25, 0.3) is 5.69 Å². The molecule has 0 aliphatic rings. The largest absolute Gasteiger partial charge is 0.383 e. The van der Waals surface area contributed by atoms with Gasteiger partial charge in [0.05, 0.1) is 25.1 Å². The minimum Gasteiger partial charge on any atom is -0.383 e. The Morgan fingerprint density at radius 1 is 1.25 bits per heavy atom. The molecule has 2 heterocycles. The van der Waals surface area contributed by atoms with Crippen LogP contribution < -0.4 is 10.6 Å². The SMILES string of the molecule is CCNC(=NCc1ccccc1-n1ccnc1)NCC(C)(O)c1cccs1.I. The highest BCUT2D eigenvalue weighted by molar-refractivity contribution is 14.0. The van der Waals surface area contributed by atoms with Crippen molar-refractivity contribution in [3.05, 3.63) is 70.9 Å². The van der Waals surface area contributed by atoms with Crippen LogP contribution in [0.5, 0.6) is 0 Å². The number of benzene rings is 1. The number of rotatable bonds is 7. The molecule has 0 fully saturated rings. The van der Waals surface area contributed by atoms with Crippen LogP contribution in [0.4, 0.5) is 0 Å². The minimum atomic E-state index is -0.945. The highest BCUT2D eigenvalue weighted by Gasteiger charge is 2.24. The van der Waals surface area contributed by atoms with Crippen molar-refractivity contribution < 1.29 is 5.11 Å². The molecule has 0 bridgehead atoms. The third kappa shape index (κ3) is 5.79. The summed E-state index contributed by atoms with van der Waals surface area (Å²) in [6, 6.07) is 12.0. The number of imidazole rings is 1. The molecule has 3 aromatic rings. The standard InChI is InChI=1S/C20H25N5OS.HI/c1-3-22-19(24-14-20(2,26)18-9-6-12-27-18)23-13-16-7-4-5-8-17(16)25-11-10-21-15-25;/h4-12,15,26H,3,13-14H2,1-2H3,(H2,22,23,24);1H. The molecule has 0 radical (unpaired) electrons. The van der Waals surface area contributed by atoms with Gasteiger partial charge in [0.1, 0.15) is 5.60 Å². The zero-order chi connectivity index (χ0) is 19.1. The van der Waals surface area contributed by atoms with Crippen LogP contribution in [0.15, 0.2) is 65.5 Å². The molecule has 6 nitrogen and oxygen atoms in total. The average molecular weight is 511 g/mol. The molecule has 1 aromatic carbocycles. The van der Waals surface area contributed by atoms with Crippen molar-refractivity contribution in [2.75, 3.05) is 13.1 Å². The molecule has 1 unspecified atom stereocenters. The van der Waals surface area contributed by atoms with Crippen LogP contribution in [0, 0.1) is 0 Å². The van der Waals surface area contributed by atoms with Gasteiger partial charge >= 0.3 is 0 Å². The molecule has 0 saturated carbocycles. The summed E-state index contributed by atoms with van der Waals surface area (Å²) in [7, 11) is 0. The van der Waals surface area contributed by atoms with Crippen molar-refractivity contribution in [1.82, 2.24) is 20.2 Å². The Labute approximate surface area is 186 Å². The zero-order valence-electron chi connectivity index (χ0n) is 16.0. The number of hydrogen-bond acceptors (Lipinski definition) is 4. The first kappa shape index (κ1) is 22.4. The summed E-state index contributed by atoms with van der Waals surface area (Å²) in [5.41, 5.74) is 1.21. The second-order valence-corrected chi connectivity index (χ2v) is 7.35. The fraction of sp³-hybridized carbons (Fsp3) is 0.300. The lowest BCUT2D eigenvalue weighted by atomic mass is 10.1.